The fraction of sp³-hybridized carbons (Fsp3) is 0.167. The van der Waals surface area contributed by atoms with Crippen LogP contribution in [0, 0.1) is 6.92 Å². The summed E-state index contributed by atoms with van der Waals surface area (Å²) in [7, 11) is 0. The number of para-hydroxylation sites is 3. The van der Waals surface area contributed by atoms with Crippen LogP contribution >= 0.6 is 0 Å². The summed E-state index contributed by atoms with van der Waals surface area (Å²) in [5.41, 5.74) is 7.70. The van der Waals surface area contributed by atoms with Gasteiger partial charge in [-0.1, -0.05) is 81.4 Å². The first-order chi connectivity index (χ1) is 21.2. The Morgan fingerprint density at radius 1 is 0.864 bits per heavy atom. The second kappa shape index (κ2) is 10.3. The molecule has 0 bridgehead atoms. The molecular weight excluding hydrogens is 548 g/mol. The zero-order valence-corrected chi connectivity index (χ0v) is 25.0. The number of fused-ring (bicyclic) bond motifs is 4. The predicted molar refractivity (Wildman–Crippen MR) is 175 cm³/mol. The van der Waals surface area contributed by atoms with Crippen molar-refractivity contribution in [2.24, 2.45) is 9.98 Å². The molecule has 7 rings (SSSR count). The van der Waals surface area contributed by atoms with Gasteiger partial charge >= 0.3 is 5.97 Å². The number of hydrogen-bond acceptors (Lipinski definition) is 6. The molecule has 0 saturated heterocycles. The van der Waals surface area contributed by atoms with Crippen molar-refractivity contribution in [3.05, 3.63) is 131 Å². The van der Waals surface area contributed by atoms with Gasteiger partial charge in [0.15, 0.2) is 17.5 Å². The summed E-state index contributed by atoms with van der Waals surface area (Å²) in [6.45, 7) is 8.69. The van der Waals surface area contributed by atoms with E-state index in [-0.39, 0.29) is 17.0 Å². The van der Waals surface area contributed by atoms with Crippen molar-refractivity contribution >= 4 is 40.5 Å². The number of hydrogen-bond donors (Lipinski definition) is 2. The fourth-order valence-electron chi connectivity index (χ4n) is 5.89. The van der Waals surface area contributed by atoms with Crippen molar-refractivity contribution in [2.75, 3.05) is 10.2 Å². The Morgan fingerprint density at radius 2 is 1.59 bits per heavy atom. The molecule has 0 spiro atoms. The Labute approximate surface area is 256 Å². The fourth-order valence-corrected chi connectivity index (χ4v) is 5.89. The van der Waals surface area contributed by atoms with Crippen LogP contribution in [0.15, 0.2) is 113 Å². The standard InChI is InChI=1S/C36H32N6O2/c1-22-30-31(23-17-19-25(20-18-23)36(2,3)4)41-29-16-9-8-15-28(29)38-32(37-26-12-10-11-24(21-26)35(43)44)34(41)39-33(30)42(40-22)27-13-6-5-7-14-27/h5-21,31H,1-4H3,(H,37,38)(H,43,44)/t31-/m0/s1. The Hall–Kier alpha value is -5.50. The highest BCUT2D eigenvalue weighted by Gasteiger charge is 2.41. The van der Waals surface area contributed by atoms with Gasteiger partial charge in [-0.3, -0.25) is 0 Å². The molecule has 0 amide bonds. The van der Waals surface area contributed by atoms with Crippen LogP contribution in [-0.4, -0.2) is 32.5 Å². The minimum atomic E-state index is -0.994. The lowest BCUT2D eigenvalue weighted by atomic mass is 9.85. The molecule has 1 aromatic heterocycles. The number of rotatable bonds is 4. The first kappa shape index (κ1) is 27.3. The van der Waals surface area contributed by atoms with Crippen LogP contribution in [0.4, 0.5) is 22.9 Å². The summed E-state index contributed by atoms with van der Waals surface area (Å²) < 4.78 is 1.90. The maximum atomic E-state index is 11.7. The van der Waals surface area contributed by atoms with Crippen LogP contribution in [0.25, 0.3) is 5.69 Å². The number of amidine groups is 2. The maximum absolute atomic E-state index is 11.7. The van der Waals surface area contributed by atoms with Crippen LogP contribution < -0.4 is 10.2 Å². The minimum absolute atomic E-state index is 0.0168. The van der Waals surface area contributed by atoms with Gasteiger partial charge in [-0.25, -0.2) is 19.5 Å². The molecule has 218 valence electrons. The summed E-state index contributed by atoms with van der Waals surface area (Å²) in [4.78, 5) is 24.2. The molecule has 5 aromatic rings. The second-order valence-corrected chi connectivity index (χ2v) is 12.1. The molecular formula is C36H32N6O2. The SMILES string of the molecule is Cc1nn(-c2ccccc2)c2c1[C@H](c1ccc(C(C)(C)C)cc1)N1C(=N2)C(Nc2cccc(C(=O)O)c2)=Nc2ccccc21. The number of nitrogens with one attached hydrogen (secondary N) is 1. The van der Waals surface area contributed by atoms with Crippen LogP contribution in [0.1, 0.15) is 59.6 Å². The monoisotopic (exact) mass is 580 g/mol. The van der Waals surface area contributed by atoms with Gasteiger partial charge in [0.25, 0.3) is 0 Å². The Balaban J connectivity index is 1.46. The zero-order valence-electron chi connectivity index (χ0n) is 25.0. The van der Waals surface area contributed by atoms with E-state index < -0.39 is 5.97 Å². The van der Waals surface area contributed by atoms with Gasteiger partial charge in [0.05, 0.1) is 34.4 Å². The van der Waals surface area contributed by atoms with Crippen LogP contribution in [0.5, 0.6) is 0 Å². The number of aromatic nitrogens is 2. The zero-order chi connectivity index (χ0) is 30.6. The van der Waals surface area contributed by atoms with E-state index in [2.05, 4.69) is 61.3 Å². The first-order valence-corrected chi connectivity index (χ1v) is 14.6. The Bertz CT molecular complexity index is 1970. The van der Waals surface area contributed by atoms with Crippen molar-refractivity contribution in [2.45, 2.75) is 39.2 Å². The van der Waals surface area contributed by atoms with Gasteiger partial charge in [-0.2, -0.15) is 5.10 Å². The third-order valence-corrected chi connectivity index (χ3v) is 8.10. The first-order valence-electron chi connectivity index (χ1n) is 14.6. The molecule has 0 unspecified atom stereocenters. The Morgan fingerprint density at radius 3 is 2.32 bits per heavy atom. The number of anilines is 2. The van der Waals surface area contributed by atoms with E-state index in [0.29, 0.717) is 17.4 Å². The van der Waals surface area contributed by atoms with Gasteiger partial charge in [-0.05, 0) is 65.9 Å². The van der Waals surface area contributed by atoms with Gasteiger partial charge in [0.2, 0.25) is 0 Å². The van der Waals surface area contributed by atoms with E-state index in [1.807, 2.05) is 66.2 Å². The lowest BCUT2D eigenvalue weighted by Crippen LogP contribution is -2.46. The third kappa shape index (κ3) is 4.65. The summed E-state index contributed by atoms with van der Waals surface area (Å²) in [5, 5.41) is 18.0. The molecule has 1 atom stereocenters. The topological polar surface area (TPSA) is 95.1 Å². The number of benzene rings is 4. The summed E-state index contributed by atoms with van der Waals surface area (Å²) in [6, 6.07) is 33.3. The average Bonchev–Trinajstić information content (AvgIpc) is 3.36. The minimum Gasteiger partial charge on any atom is -0.478 e. The van der Waals surface area contributed by atoms with Crippen molar-refractivity contribution in [1.82, 2.24) is 9.78 Å². The molecule has 2 aliphatic rings. The number of carboxylic acid groups (broad SMARTS) is 1. The van der Waals surface area contributed by atoms with E-state index in [1.165, 1.54) is 5.56 Å². The van der Waals surface area contributed by atoms with Crippen molar-refractivity contribution < 1.29 is 9.90 Å². The molecule has 0 fully saturated rings. The van der Waals surface area contributed by atoms with E-state index in [4.69, 9.17) is 15.1 Å². The quantitative estimate of drug-likeness (QED) is 0.225. The highest BCUT2D eigenvalue weighted by molar-refractivity contribution is 6.51. The van der Waals surface area contributed by atoms with E-state index >= 15 is 0 Å². The average molecular weight is 581 g/mol. The smallest absolute Gasteiger partial charge is 0.335 e. The lowest BCUT2D eigenvalue weighted by Gasteiger charge is -2.40. The molecule has 0 saturated carbocycles. The van der Waals surface area contributed by atoms with E-state index in [1.54, 1.807) is 18.2 Å². The van der Waals surface area contributed by atoms with Crippen LogP contribution in [-0.2, 0) is 5.41 Å². The summed E-state index contributed by atoms with van der Waals surface area (Å²) >= 11 is 0. The van der Waals surface area contributed by atoms with E-state index in [9.17, 15) is 9.90 Å². The van der Waals surface area contributed by atoms with Crippen LogP contribution in [0.2, 0.25) is 0 Å². The maximum Gasteiger partial charge on any atom is 0.335 e. The van der Waals surface area contributed by atoms with Gasteiger partial charge in [0, 0.05) is 11.3 Å². The number of carboxylic acids is 1. The van der Waals surface area contributed by atoms with Gasteiger partial charge in [-0.15, -0.1) is 0 Å². The molecule has 44 heavy (non-hydrogen) atoms. The molecule has 0 radical (unpaired) electrons. The van der Waals surface area contributed by atoms with Crippen molar-refractivity contribution in [3.63, 3.8) is 0 Å². The molecule has 2 aliphatic heterocycles. The largest absolute Gasteiger partial charge is 0.478 e. The molecule has 4 aromatic carbocycles. The lowest BCUT2D eigenvalue weighted by molar-refractivity contribution is 0.0697. The van der Waals surface area contributed by atoms with Gasteiger partial charge < -0.3 is 15.3 Å². The molecule has 8 heteroatoms. The van der Waals surface area contributed by atoms with Crippen molar-refractivity contribution in [3.8, 4) is 5.69 Å². The van der Waals surface area contributed by atoms with Crippen LogP contribution in [0.3, 0.4) is 0 Å². The normalized spacial score (nSPS) is 15.5. The number of carbonyl (C=O) groups is 1. The number of nitrogens with zero attached hydrogens (tertiary/aromatic N) is 5. The van der Waals surface area contributed by atoms with Crippen molar-refractivity contribution in [1.29, 1.82) is 0 Å². The number of aliphatic imine (C=N–C) groups is 2. The summed E-state index contributed by atoms with van der Waals surface area (Å²) in [5.74, 6) is 0.885. The molecule has 3 heterocycles. The molecule has 8 nitrogen and oxygen atoms in total. The second-order valence-electron chi connectivity index (χ2n) is 12.1. The molecule has 0 aliphatic carbocycles. The highest BCUT2D eigenvalue weighted by Crippen LogP contribution is 2.48. The van der Waals surface area contributed by atoms with E-state index in [0.717, 1.165) is 39.7 Å². The highest BCUT2D eigenvalue weighted by atomic mass is 16.4. The number of aryl methyl sites for hydroxylation is 1. The third-order valence-electron chi connectivity index (χ3n) is 8.10. The Kier molecular flexibility index (Phi) is 6.43. The predicted octanol–water partition coefficient (Wildman–Crippen LogP) is 7.97. The number of aromatic carboxylic acids is 1. The van der Waals surface area contributed by atoms with Gasteiger partial charge in [0.1, 0.15) is 0 Å². The summed E-state index contributed by atoms with van der Waals surface area (Å²) in [6.07, 6.45) is 0. The molecule has 2 N–H and O–H groups in total.